The molecule has 0 spiro atoms. The Morgan fingerprint density at radius 2 is 2.05 bits per heavy atom. The Morgan fingerprint density at radius 1 is 1.35 bits per heavy atom. The molecule has 1 aromatic carbocycles. The first-order valence-electron chi connectivity index (χ1n) is 5.96. The first kappa shape index (κ1) is 14.1. The van der Waals surface area contributed by atoms with Crippen molar-refractivity contribution in [2.75, 3.05) is 5.32 Å². The predicted molar refractivity (Wildman–Crippen MR) is 75.0 cm³/mol. The van der Waals surface area contributed by atoms with Crippen LogP contribution in [0.1, 0.15) is 35.3 Å². The summed E-state index contributed by atoms with van der Waals surface area (Å²) in [5, 5.41) is 16.7. The molecule has 1 heterocycles. The van der Waals surface area contributed by atoms with E-state index in [4.69, 9.17) is 5.11 Å². The van der Waals surface area contributed by atoms with Gasteiger partial charge in [0.15, 0.2) is 5.69 Å². The summed E-state index contributed by atoms with van der Waals surface area (Å²) in [4.78, 5) is 22.4. The zero-order chi connectivity index (χ0) is 14.5. The van der Waals surface area contributed by atoms with Gasteiger partial charge in [0.25, 0.3) is 5.91 Å². The fourth-order valence-electron chi connectivity index (χ4n) is 1.73. The number of anilines is 1. The molecule has 1 aromatic heterocycles. The molecule has 2 N–H and O–H groups in total. The van der Waals surface area contributed by atoms with Gasteiger partial charge in [0.2, 0.25) is 0 Å². The second kappa shape index (κ2) is 6.25. The number of nitrogens with one attached hydrogen (secondary N) is 1. The Kier molecular flexibility index (Phi) is 4.41. The number of amides is 1. The largest absolute Gasteiger partial charge is 0.481 e. The van der Waals surface area contributed by atoms with E-state index in [-0.39, 0.29) is 23.9 Å². The zero-order valence-corrected chi connectivity index (χ0v) is 11.6. The first-order valence-corrected chi connectivity index (χ1v) is 6.80. The summed E-state index contributed by atoms with van der Waals surface area (Å²) in [5.74, 6) is -1.21. The Morgan fingerprint density at radius 3 is 2.60 bits per heavy atom. The summed E-state index contributed by atoms with van der Waals surface area (Å²) >= 11 is 1.11. The molecule has 0 aliphatic rings. The van der Waals surface area contributed by atoms with Crippen molar-refractivity contribution in [3.63, 3.8) is 0 Å². The number of nitrogens with zero attached hydrogens (tertiary/aromatic N) is 2. The minimum atomic E-state index is -0.828. The minimum Gasteiger partial charge on any atom is -0.481 e. The van der Waals surface area contributed by atoms with Crippen molar-refractivity contribution >= 4 is 29.1 Å². The minimum absolute atomic E-state index is 0.0695. The van der Waals surface area contributed by atoms with Gasteiger partial charge in [-0.25, -0.2) is 0 Å². The van der Waals surface area contributed by atoms with Gasteiger partial charge in [0.1, 0.15) is 0 Å². The van der Waals surface area contributed by atoms with Gasteiger partial charge >= 0.3 is 5.97 Å². The fraction of sp³-hybridized carbons (Fsp3) is 0.231. The van der Waals surface area contributed by atoms with Crippen LogP contribution < -0.4 is 5.32 Å². The molecule has 0 bridgehead atoms. The molecule has 0 saturated carbocycles. The number of carboxylic acid groups (broad SMARTS) is 1. The number of rotatable bonds is 5. The van der Waals surface area contributed by atoms with Crippen LogP contribution in [0, 0.1) is 0 Å². The SMILES string of the molecule is CC(CC(=O)O)c1ccc(NC(=O)c2csnn2)cc1. The smallest absolute Gasteiger partial charge is 0.303 e. The Labute approximate surface area is 119 Å². The van der Waals surface area contributed by atoms with Crippen LogP contribution in [-0.4, -0.2) is 26.6 Å². The van der Waals surface area contributed by atoms with E-state index >= 15 is 0 Å². The van der Waals surface area contributed by atoms with Crippen LogP contribution in [0.25, 0.3) is 0 Å². The summed E-state index contributed by atoms with van der Waals surface area (Å²) in [7, 11) is 0. The van der Waals surface area contributed by atoms with E-state index in [1.807, 2.05) is 19.1 Å². The van der Waals surface area contributed by atoms with Gasteiger partial charge < -0.3 is 10.4 Å². The monoisotopic (exact) mass is 291 g/mol. The van der Waals surface area contributed by atoms with Crippen molar-refractivity contribution in [1.82, 2.24) is 9.59 Å². The third-order valence-electron chi connectivity index (χ3n) is 2.81. The molecule has 1 atom stereocenters. The molecule has 6 nitrogen and oxygen atoms in total. The summed E-state index contributed by atoms with van der Waals surface area (Å²) in [6, 6.07) is 7.10. The summed E-state index contributed by atoms with van der Waals surface area (Å²) < 4.78 is 3.62. The summed E-state index contributed by atoms with van der Waals surface area (Å²) in [6.45, 7) is 1.85. The van der Waals surface area contributed by atoms with E-state index in [2.05, 4.69) is 14.9 Å². The number of hydrogen-bond donors (Lipinski definition) is 2. The van der Waals surface area contributed by atoms with Crippen LogP contribution in [0.3, 0.4) is 0 Å². The van der Waals surface area contributed by atoms with Crippen LogP contribution in [0.5, 0.6) is 0 Å². The zero-order valence-electron chi connectivity index (χ0n) is 10.7. The van der Waals surface area contributed by atoms with Crippen molar-refractivity contribution in [2.24, 2.45) is 0 Å². The topological polar surface area (TPSA) is 92.2 Å². The van der Waals surface area contributed by atoms with Gasteiger partial charge in [-0.3, -0.25) is 9.59 Å². The lowest BCUT2D eigenvalue weighted by atomic mass is 9.98. The molecule has 2 rings (SSSR count). The number of hydrogen-bond acceptors (Lipinski definition) is 5. The molecule has 1 amide bonds. The van der Waals surface area contributed by atoms with Crippen LogP contribution in [0.4, 0.5) is 5.69 Å². The molecular weight excluding hydrogens is 278 g/mol. The van der Waals surface area contributed by atoms with E-state index in [1.165, 1.54) is 0 Å². The molecule has 104 valence electrons. The predicted octanol–water partition coefficient (Wildman–Crippen LogP) is 2.37. The van der Waals surface area contributed by atoms with E-state index < -0.39 is 5.97 Å². The quantitative estimate of drug-likeness (QED) is 0.882. The molecule has 0 fully saturated rings. The molecule has 1 unspecified atom stereocenters. The third-order valence-corrected chi connectivity index (χ3v) is 3.32. The van der Waals surface area contributed by atoms with Crippen LogP contribution in [0.15, 0.2) is 29.6 Å². The highest BCUT2D eigenvalue weighted by molar-refractivity contribution is 7.03. The van der Waals surface area contributed by atoms with Crippen molar-refractivity contribution in [1.29, 1.82) is 0 Å². The average Bonchev–Trinajstić information content (AvgIpc) is 2.92. The maximum Gasteiger partial charge on any atom is 0.303 e. The van der Waals surface area contributed by atoms with Gasteiger partial charge in [0, 0.05) is 11.1 Å². The number of carbonyl (C=O) groups excluding carboxylic acids is 1. The lowest BCUT2D eigenvalue weighted by Crippen LogP contribution is -2.12. The highest BCUT2D eigenvalue weighted by atomic mass is 32.1. The Hall–Kier alpha value is -2.28. The van der Waals surface area contributed by atoms with Crippen LogP contribution in [0.2, 0.25) is 0 Å². The number of aromatic nitrogens is 2. The standard InChI is InChI=1S/C13H13N3O3S/c1-8(6-12(17)18)9-2-4-10(5-3-9)14-13(19)11-7-20-16-15-11/h2-5,7-8H,6H2,1H3,(H,14,19)(H,17,18). The highest BCUT2D eigenvalue weighted by Crippen LogP contribution is 2.21. The third kappa shape index (κ3) is 3.61. The molecule has 0 saturated heterocycles. The average molecular weight is 291 g/mol. The normalized spacial score (nSPS) is 11.8. The van der Waals surface area contributed by atoms with Crippen molar-refractivity contribution in [2.45, 2.75) is 19.3 Å². The fourth-order valence-corrected chi connectivity index (χ4v) is 2.17. The highest BCUT2D eigenvalue weighted by Gasteiger charge is 2.11. The van der Waals surface area contributed by atoms with E-state index in [0.29, 0.717) is 5.69 Å². The molecule has 20 heavy (non-hydrogen) atoms. The van der Waals surface area contributed by atoms with Crippen molar-refractivity contribution in [3.8, 4) is 0 Å². The van der Waals surface area contributed by atoms with Gasteiger partial charge in [-0.05, 0) is 35.1 Å². The molecule has 0 radical (unpaired) electrons. The van der Waals surface area contributed by atoms with Crippen LogP contribution >= 0.6 is 11.5 Å². The Bertz CT molecular complexity index is 596. The Balaban J connectivity index is 2.01. The second-order valence-electron chi connectivity index (χ2n) is 4.37. The maximum absolute atomic E-state index is 11.8. The van der Waals surface area contributed by atoms with Gasteiger partial charge in [-0.1, -0.05) is 23.5 Å². The second-order valence-corrected chi connectivity index (χ2v) is 4.98. The van der Waals surface area contributed by atoms with Crippen molar-refractivity contribution in [3.05, 3.63) is 40.9 Å². The number of carboxylic acids is 1. The maximum atomic E-state index is 11.8. The number of benzene rings is 1. The molecule has 0 aliphatic heterocycles. The molecule has 7 heteroatoms. The first-order chi connectivity index (χ1) is 9.56. The summed E-state index contributed by atoms with van der Waals surface area (Å²) in [5.41, 5.74) is 1.83. The van der Waals surface area contributed by atoms with E-state index in [1.54, 1.807) is 17.5 Å². The molecule has 0 aliphatic carbocycles. The van der Waals surface area contributed by atoms with Crippen molar-refractivity contribution < 1.29 is 14.7 Å². The lowest BCUT2D eigenvalue weighted by molar-refractivity contribution is -0.137. The summed E-state index contributed by atoms with van der Waals surface area (Å²) in [6.07, 6.45) is 0.0796. The molecule has 2 aromatic rings. The van der Waals surface area contributed by atoms with Gasteiger partial charge in [0.05, 0.1) is 6.42 Å². The van der Waals surface area contributed by atoms with E-state index in [9.17, 15) is 9.59 Å². The molecular formula is C13H13N3O3S. The lowest BCUT2D eigenvalue weighted by Gasteiger charge is -2.10. The number of carbonyl (C=O) groups is 2. The van der Waals surface area contributed by atoms with Gasteiger partial charge in [-0.2, -0.15) is 0 Å². The van der Waals surface area contributed by atoms with Crippen LogP contribution in [-0.2, 0) is 4.79 Å². The number of aliphatic carboxylic acids is 1. The van der Waals surface area contributed by atoms with Gasteiger partial charge in [-0.15, -0.1) is 5.10 Å². The van der Waals surface area contributed by atoms with E-state index in [0.717, 1.165) is 17.1 Å².